The van der Waals surface area contributed by atoms with Crippen molar-refractivity contribution in [2.45, 2.75) is 26.8 Å². The minimum atomic E-state index is 0.107. The topological polar surface area (TPSA) is 37.2 Å². The lowest BCUT2D eigenvalue weighted by atomic mass is 10.0. The number of nitrogens with one attached hydrogen (secondary N) is 2. The van der Waals surface area contributed by atoms with Gasteiger partial charge in [-0.05, 0) is 43.3 Å². The van der Waals surface area contributed by atoms with Gasteiger partial charge in [-0.2, -0.15) is 0 Å². The van der Waals surface area contributed by atoms with Gasteiger partial charge >= 0.3 is 0 Å². The van der Waals surface area contributed by atoms with E-state index in [9.17, 15) is 0 Å². The van der Waals surface area contributed by atoms with Crippen LogP contribution in [0.25, 0.3) is 0 Å². The molecule has 104 valence electrons. The van der Waals surface area contributed by atoms with Gasteiger partial charge < -0.3 is 15.1 Å². The van der Waals surface area contributed by atoms with Crippen LogP contribution < -0.4 is 10.6 Å². The van der Waals surface area contributed by atoms with Crippen LogP contribution in [0.3, 0.4) is 0 Å². The molecule has 0 aliphatic rings. The first-order valence-corrected chi connectivity index (χ1v) is 6.75. The highest BCUT2D eigenvalue weighted by molar-refractivity contribution is 5.45. The number of hydrogen-bond acceptors (Lipinski definition) is 3. The van der Waals surface area contributed by atoms with Crippen LogP contribution in [0, 0.1) is 6.92 Å². The smallest absolute Gasteiger partial charge is 0.128 e. The molecule has 1 atom stereocenters. The second-order valence-corrected chi connectivity index (χ2v) is 4.06. The summed E-state index contributed by atoms with van der Waals surface area (Å²) in [5, 5.41) is 6.40. The molecule has 19 heavy (non-hydrogen) atoms. The molecule has 0 unspecified atom stereocenters. The Morgan fingerprint density at radius 2 is 1.63 bits per heavy atom. The van der Waals surface area contributed by atoms with E-state index in [1.165, 1.54) is 11.1 Å². The Labute approximate surface area is 116 Å². The molecule has 3 nitrogen and oxygen atoms in total. The van der Waals surface area contributed by atoms with E-state index >= 15 is 0 Å². The van der Waals surface area contributed by atoms with Gasteiger partial charge in [0.1, 0.15) is 5.76 Å². The lowest BCUT2D eigenvalue weighted by molar-refractivity contribution is 0.460. The predicted octanol–water partition coefficient (Wildman–Crippen LogP) is 3.96. The van der Waals surface area contributed by atoms with Crippen molar-refractivity contribution in [2.75, 3.05) is 19.4 Å². The summed E-state index contributed by atoms with van der Waals surface area (Å²) in [6, 6.07) is 10.4. The maximum atomic E-state index is 5.55. The van der Waals surface area contributed by atoms with Crippen LogP contribution in [0.4, 0.5) is 5.69 Å². The third-order valence-corrected chi connectivity index (χ3v) is 2.99. The van der Waals surface area contributed by atoms with Crippen molar-refractivity contribution in [3.63, 3.8) is 0 Å². The average molecular weight is 260 g/mol. The highest BCUT2D eigenvalue weighted by Crippen LogP contribution is 2.26. The summed E-state index contributed by atoms with van der Waals surface area (Å²) < 4.78 is 5.55. The fourth-order valence-electron chi connectivity index (χ4n) is 1.97. The monoisotopic (exact) mass is 260 g/mol. The summed E-state index contributed by atoms with van der Waals surface area (Å²) in [7, 11) is 3.86. The van der Waals surface area contributed by atoms with Gasteiger partial charge in [-0.1, -0.05) is 26.0 Å². The quantitative estimate of drug-likeness (QED) is 0.873. The Morgan fingerprint density at radius 3 is 2.05 bits per heavy atom. The molecule has 0 amide bonds. The second kappa shape index (κ2) is 7.64. The van der Waals surface area contributed by atoms with Crippen molar-refractivity contribution in [1.82, 2.24) is 5.32 Å². The summed E-state index contributed by atoms with van der Waals surface area (Å²) in [4.78, 5) is 0. The summed E-state index contributed by atoms with van der Waals surface area (Å²) in [6.45, 7) is 6.06. The number of benzene rings is 1. The van der Waals surface area contributed by atoms with Crippen LogP contribution in [0.2, 0.25) is 0 Å². The number of rotatable bonds is 4. The van der Waals surface area contributed by atoms with Crippen LogP contribution in [0.1, 0.15) is 36.8 Å². The molecule has 0 fully saturated rings. The Morgan fingerprint density at radius 1 is 1.00 bits per heavy atom. The zero-order chi connectivity index (χ0) is 14.3. The van der Waals surface area contributed by atoms with Crippen LogP contribution in [0.15, 0.2) is 41.0 Å². The van der Waals surface area contributed by atoms with Gasteiger partial charge in [0.05, 0.1) is 12.3 Å². The lowest BCUT2D eigenvalue weighted by Gasteiger charge is -2.15. The minimum absolute atomic E-state index is 0.107. The fraction of sp³-hybridized carbons (Fsp3) is 0.375. The Hall–Kier alpha value is -1.74. The molecule has 0 radical (unpaired) electrons. The molecular weight excluding hydrogens is 236 g/mol. The first-order valence-electron chi connectivity index (χ1n) is 6.75. The van der Waals surface area contributed by atoms with E-state index in [-0.39, 0.29) is 6.04 Å². The molecule has 3 heteroatoms. The van der Waals surface area contributed by atoms with E-state index in [4.69, 9.17) is 4.42 Å². The number of furan rings is 1. The van der Waals surface area contributed by atoms with E-state index in [1.54, 1.807) is 6.26 Å². The van der Waals surface area contributed by atoms with Crippen molar-refractivity contribution >= 4 is 5.69 Å². The number of aryl methyl sites for hydroxylation is 1. The SMILES string of the molecule is CC.CNc1ccc([C@H](NC)c2occc2C)cc1. The van der Waals surface area contributed by atoms with Crippen molar-refractivity contribution < 1.29 is 4.42 Å². The fourth-order valence-corrected chi connectivity index (χ4v) is 1.97. The van der Waals surface area contributed by atoms with Crippen molar-refractivity contribution in [2.24, 2.45) is 0 Å². The molecule has 2 aromatic rings. The molecule has 1 aromatic carbocycles. The summed E-state index contributed by atoms with van der Waals surface area (Å²) in [5.41, 5.74) is 3.48. The summed E-state index contributed by atoms with van der Waals surface area (Å²) >= 11 is 0. The van der Waals surface area contributed by atoms with Crippen molar-refractivity contribution in [1.29, 1.82) is 0 Å². The molecule has 0 saturated heterocycles. The van der Waals surface area contributed by atoms with Crippen LogP contribution in [-0.2, 0) is 0 Å². The minimum Gasteiger partial charge on any atom is -0.467 e. The number of hydrogen-bond donors (Lipinski definition) is 2. The normalized spacial score (nSPS) is 11.4. The van der Waals surface area contributed by atoms with Crippen LogP contribution >= 0.6 is 0 Å². The molecular formula is C16H24N2O. The first-order chi connectivity index (χ1) is 9.26. The van der Waals surface area contributed by atoms with Gasteiger partial charge in [0.25, 0.3) is 0 Å². The highest BCUT2D eigenvalue weighted by atomic mass is 16.3. The largest absolute Gasteiger partial charge is 0.467 e. The molecule has 2 N–H and O–H groups in total. The maximum Gasteiger partial charge on any atom is 0.128 e. The maximum absolute atomic E-state index is 5.55. The van der Waals surface area contributed by atoms with Gasteiger partial charge in [0.15, 0.2) is 0 Å². The van der Waals surface area contributed by atoms with E-state index in [0.717, 1.165) is 11.4 Å². The third kappa shape index (κ3) is 3.61. The molecule has 0 aliphatic carbocycles. The molecule has 1 aromatic heterocycles. The molecule has 0 bridgehead atoms. The van der Waals surface area contributed by atoms with Crippen molar-refractivity contribution in [3.8, 4) is 0 Å². The molecule has 1 heterocycles. The molecule has 0 aliphatic heterocycles. The summed E-state index contributed by atoms with van der Waals surface area (Å²) in [6.07, 6.45) is 1.73. The van der Waals surface area contributed by atoms with Gasteiger partial charge in [0.2, 0.25) is 0 Å². The van der Waals surface area contributed by atoms with Gasteiger partial charge in [-0.25, -0.2) is 0 Å². The Balaban J connectivity index is 0.000000861. The van der Waals surface area contributed by atoms with E-state index in [1.807, 2.05) is 34.0 Å². The van der Waals surface area contributed by atoms with E-state index in [2.05, 4.69) is 41.8 Å². The molecule has 0 saturated carbocycles. The predicted molar refractivity (Wildman–Crippen MR) is 81.7 cm³/mol. The Bertz CT molecular complexity index is 474. The van der Waals surface area contributed by atoms with Gasteiger partial charge in [-0.3, -0.25) is 0 Å². The third-order valence-electron chi connectivity index (χ3n) is 2.99. The zero-order valence-corrected chi connectivity index (χ0v) is 12.4. The van der Waals surface area contributed by atoms with Gasteiger partial charge in [0, 0.05) is 12.7 Å². The van der Waals surface area contributed by atoms with E-state index in [0.29, 0.717) is 0 Å². The average Bonchev–Trinajstić information content (AvgIpc) is 2.89. The van der Waals surface area contributed by atoms with Crippen LogP contribution in [-0.4, -0.2) is 14.1 Å². The second-order valence-electron chi connectivity index (χ2n) is 4.06. The first kappa shape index (κ1) is 15.3. The Kier molecular flexibility index (Phi) is 6.16. The number of anilines is 1. The standard InChI is InChI=1S/C14H18N2O.C2H6/c1-10-8-9-17-14(10)13(16-3)11-4-6-12(15-2)7-5-11;1-2/h4-9,13,15-16H,1-3H3;1-2H3/t13-;/m0./s1. The molecule has 2 rings (SSSR count). The lowest BCUT2D eigenvalue weighted by Crippen LogP contribution is -2.17. The summed E-state index contributed by atoms with van der Waals surface area (Å²) in [5.74, 6) is 0.977. The zero-order valence-electron chi connectivity index (χ0n) is 12.4. The van der Waals surface area contributed by atoms with E-state index < -0.39 is 0 Å². The van der Waals surface area contributed by atoms with Crippen LogP contribution in [0.5, 0.6) is 0 Å². The highest BCUT2D eigenvalue weighted by Gasteiger charge is 2.16. The molecule has 0 spiro atoms. The van der Waals surface area contributed by atoms with Crippen molar-refractivity contribution in [3.05, 3.63) is 53.5 Å². The van der Waals surface area contributed by atoms with Gasteiger partial charge in [-0.15, -0.1) is 0 Å².